The second-order valence-electron chi connectivity index (χ2n) is 5.91. The first kappa shape index (κ1) is 18.4. The Morgan fingerprint density at radius 1 is 1.15 bits per heavy atom. The van der Waals surface area contributed by atoms with Crippen LogP contribution in [0.2, 0.25) is 5.02 Å². The number of aromatic nitrogens is 4. The average Bonchev–Trinajstić information content (AvgIpc) is 3.16. The van der Waals surface area contributed by atoms with Crippen molar-refractivity contribution in [3.63, 3.8) is 0 Å². The summed E-state index contributed by atoms with van der Waals surface area (Å²) >= 11 is 11.6. The van der Waals surface area contributed by atoms with Crippen molar-refractivity contribution in [1.82, 2.24) is 24.9 Å². The number of halogens is 1. The lowest BCUT2D eigenvalue weighted by molar-refractivity contribution is 0.653. The van der Waals surface area contributed by atoms with E-state index in [4.69, 9.17) is 23.8 Å². The quantitative estimate of drug-likeness (QED) is 0.632. The van der Waals surface area contributed by atoms with Crippen molar-refractivity contribution in [2.24, 2.45) is 0 Å². The van der Waals surface area contributed by atoms with Gasteiger partial charge in [0.1, 0.15) is 5.02 Å². The molecule has 0 saturated heterocycles. The van der Waals surface area contributed by atoms with Gasteiger partial charge in [-0.25, -0.2) is 0 Å². The Kier molecular flexibility index (Phi) is 5.90. The normalized spacial score (nSPS) is 10.7. The van der Waals surface area contributed by atoms with Crippen LogP contribution in [0, 0.1) is 6.92 Å². The van der Waals surface area contributed by atoms with Gasteiger partial charge in [0, 0.05) is 31.0 Å². The van der Waals surface area contributed by atoms with E-state index in [1.54, 1.807) is 10.9 Å². The minimum Gasteiger partial charge on any atom is -0.358 e. The fourth-order valence-corrected chi connectivity index (χ4v) is 2.92. The summed E-state index contributed by atoms with van der Waals surface area (Å²) < 4.78 is 3.70. The number of benzene rings is 1. The first-order valence-electron chi connectivity index (χ1n) is 8.39. The molecular formula is C18H21ClN6S. The molecule has 0 saturated carbocycles. The summed E-state index contributed by atoms with van der Waals surface area (Å²) in [5.74, 6) is 0.543. The lowest BCUT2D eigenvalue weighted by Gasteiger charge is -2.08. The zero-order chi connectivity index (χ0) is 18.5. The summed E-state index contributed by atoms with van der Waals surface area (Å²) in [5, 5.41) is 16.1. The first-order valence-corrected chi connectivity index (χ1v) is 9.18. The Balaban J connectivity index is 1.58. The molecule has 0 amide bonds. The standard InChI is InChI=1S/C18H21ClN6S/c1-3-24-11-15(13(2)22-24)9-20-18(26)21-17-16(19)12-25(23-17)10-14-7-5-4-6-8-14/h4-8,11-12H,3,9-10H2,1-2H3,(H2,20,21,23,26). The van der Waals surface area contributed by atoms with Gasteiger partial charge in [0.25, 0.3) is 0 Å². The highest BCUT2D eigenvalue weighted by atomic mass is 35.5. The molecule has 26 heavy (non-hydrogen) atoms. The van der Waals surface area contributed by atoms with E-state index in [0.717, 1.165) is 23.4 Å². The molecule has 0 spiro atoms. The molecule has 0 atom stereocenters. The number of nitrogens with zero attached hydrogens (tertiary/aromatic N) is 4. The van der Waals surface area contributed by atoms with Gasteiger partial charge < -0.3 is 10.6 Å². The zero-order valence-corrected chi connectivity index (χ0v) is 16.3. The van der Waals surface area contributed by atoms with E-state index in [1.165, 1.54) is 0 Å². The van der Waals surface area contributed by atoms with Crippen LogP contribution < -0.4 is 10.6 Å². The maximum Gasteiger partial charge on any atom is 0.173 e. The van der Waals surface area contributed by atoms with Crippen molar-refractivity contribution in [3.8, 4) is 0 Å². The van der Waals surface area contributed by atoms with Gasteiger partial charge in [0.2, 0.25) is 0 Å². The minimum absolute atomic E-state index is 0.473. The van der Waals surface area contributed by atoms with Crippen molar-refractivity contribution in [2.45, 2.75) is 33.5 Å². The van der Waals surface area contributed by atoms with Gasteiger partial charge in [0.15, 0.2) is 10.9 Å². The predicted molar refractivity (Wildman–Crippen MR) is 108 cm³/mol. The zero-order valence-electron chi connectivity index (χ0n) is 14.7. The lowest BCUT2D eigenvalue weighted by Crippen LogP contribution is -2.28. The van der Waals surface area contributed by atoms with Gasteiger partial charge in [0.05, 0.1) is 12.2 Å². The SMILES string of the molecule is CCn1cc(CNC(=S)Nc2nn(Cc3ccccc3)cc2Cl)c(C)n1. The molecule has 2 heterocycles. The summed E-state index contributed by atoms with van der Waals surface area (Å²) in [6, 6.07) is 10.1. The van der Waals surface area contributed by atoms with Crippen molar-refractivity contribution in [3.05, 3.63) is 64.6 Å². The van der Waals surface area contributed by atoms with Crippen LogP contribution in [0.3, 0.4) is 0 Å². The number of anilines is 1. The fourth-order valence-electron chi connectivity index (χ4n) is 2.56. The Hall–Kier alpha value is -2.38. The summed E-state index contributed by atoms with van der Waals surface area (Å²) in [6.07, 6.45) is 3.81. The lowest BCUT2D eigenvalue weighted by atomic mass is 10.2. The predicted octanol–water partition coefficient (Wildman–Crippen LogP) is 3.60. The fraction of sp³-hybridized carbons (Fsp3) is 0.278. The van der Waals surface area contributed by atoms with Crippen LogP contribution in [0.15, 0.2) is 42.7 Å². The van der Waals surface area contributed by atoms with E-state index in [9.17, 15) is 0 Å². The summed E-state index contributed by atoms with van der Waals surface area (Å²) in [5.41, 5.74) is 3.26. The Morgan fingerprint density at radius 3 is 2.62 bits per heavy atom. The summed E-state index contributed by atoms with van der Waals surface area (Å²) in [4.78, 5) is 0. The van der Waals surface area contributed by atoms with Crippen molar-refractivity contribution in [2.75, 3.05) is 5.32 Å². The number of aryl methyl sites for hydroxylation is 2. The monoisotopic (exact) mass is 388 g/mol. The van der Waals surface area contributed by atoms with Crippen molar-refractivity contribution < 1.29 is 0 Å². The van der Waals surface area contributed by atoms with Crippen LogP contribution in [0.4, 0.5) is 5.82 Å². The third-order valence-corrected chi connectivity index (χ3v) is 4.47. The molecule has 3 rings (SSSR count). The molecule has 136 valence electrons. The van der Waals surface area contributed by atoms with E-state index in [1.807, 2.05) is 48.1 Å². The van der Waals surface area contributed by atoms with E-state index in [2.05, 4.69) is 27.8 Å². The highest BCUT2D eigenvalue weighted by molar-refractivity contribution is 7.80. The molecule has 0 aliphatic carbocycles. The number of hydrogen-bond donors (Lipinski definition) is 2. The molecule has 1 aromatic carbocycles. The number of rotatable bonds is 6. The van der Waals surface area contributed by atoms with Crippen molar-refractivity contribution in [1.29, 1.82) is 0 Å². The highest BCUT2D eigenvalue weighted by Gasteiger charge is 2.10. The highest BCUT2D eigenvalue weighted by Crippen LogP contribution is 2.20. The Morgan fingerprint density at radius 2 is 1.92 bits per heavy atom. The average molecular weight is 389 g/mol. The maximum atomic E-state index is 6.27. The maximum absolute atomic E-state index is 6.27. The van der Waals surface area contributed by atoms with Crippen LogP contribution in [-0.2, 0) is 19.6 Å². The Labute approximate surface area is 163 Å². The van der Waals surface area contributed by atoms with Gasteiger partial charge in [-0.15, -0.1) is 0 Å². The molecule has 0 aliphatic rings. The van der Waals surface area contributed by atoms with Crippen LogP contribution >= 0.6 is 23.8 Å². The summed E-state index contributed by atoms with van der Waals surface area (Å²) in [6.45, 7) is 6.14. The third kappa shape index (κ3) is 4.62. The van der Waals surface area contributed by atoms with Gasteiger partial charge in [-0.3, -0.25) is 9.36 Å². The van der Waals surface area contributed by atoms with Gasteiger partial charge in [-0.1, -0.05) is 41.9 Å². The number of nitrogens with one attached hydrogen (secondary N) is 2. The molecule has 8 heteroatoms. The minimum atomic E-state index is 0.473. The largest absolute Gasteiger partial charge is 0.358 e. The molecular weight excluding hydrogens is 368 g/mol. The molecule has 2 aromatic heterocycles. The van der Waals surface area contributed by atoms with Gasteiger partial charge >= 0.3 is 0 Å². The molecule has 0 aliphatic heterocycles. The molecule has 3 aromatic rings. The van der Waals surface area contributed by atoms with Crippen molar-refractivity contribution >= 4 is 34.7 Å². The van der Waals surface area contributed by atoms with E-state index in [-0.39, 0.29) is 0 Å². The van der Waals surface area contributed by atoms with Crippen LogP contribution in [-0.4, -0.2) is 24.7 Å². The molecule has 0 bridgehead atoms. The second-order valence-corrected chi connectivity index (χ2v) is 6.73. The smallest absolute Gasteiger partial charge is 0.173 e. The second kappa shape index (κ2) is 8.33. The van der Waals surface area contributed by atoms with E-state index in [0.29, 0.717) is 29.0 Å². The van der Waals surface area contributed by atoms with Gasteiger partial charge in [-0.2, -0.15) is 10.2 Å². The molecule has 0 radical (unpaired) electrons. The van der Waals surface area contributed by atoms with Crippen LogP contribution in [0.1, 0.15) is 23.7 Å². The first-order chi connectivity index (χ1) is 12.5. The van der Waals surface area contributed by atoms with Gasteiger partial charge in [-0.05, 0) is 31.6 Å². The third-order valence-electron chi connectivity index (χ3n) is 3.95. The molecule has 0 unspecified atom stereocenters. The number of thiocarbonyl (C=S) groups is 1. The van der Waals surface area contributed by atoms with Crippen LogP contribution in [0.25, 0.3) is 0 Å². The molecule has 0 fully saturated rings. The van der Waals surface area contributed by atoms with E-state index < -0.39 is 0 Å². The Bertz CT molecular complexity index is 886. The topological polar surface area (TPSA) is 59.7 Å². The summed E-state index contributed by atoms with van der Waals surface area (Å²) in [7, 11) is 0. The molecule has 6 nitrogen and oxygen atoms in total. The van der Waals surface area contributed by atoms with Crippen LogP contribution in [0.5, 0.6) is 0 Å². The number of hydrogen-bond acceptors (Lipinski definition) is 3. The van der Waals surface area contributed by atoms with E-state index >= 15 is 0 Å². The molecule has 2 N–H and O–H groups in total.